The largest absolute Gasteiger partial charge is 0.461 e. The third kappa shape index (κ3) is 2.89. The first kappa shape index (κ1) is 22.2. The third-order valence-electron chi connectivity index (χ3n) is 7.72. The number of esters is 3. The molecule has 10 unspecified atom stereocenters. The minimum absolute atomic E-state index is 0.0201. The van der Waals surface area contributed by atoms with E-state index >= 15 is 0 Å². The highest BCUT2D eigenvalue weighted by molar-refractivity contribution is 5.87. The van der Waals surface area contributed by atoms with E-state index in [1.807, 2.05) is 0 Å². The summed E-state index contributed by atoms with van der Waals surface area (Å²) in [5, 5.41) is 23.1. The average Bonchev–Trinajstić information content (AvgIpc) is 3.29. The van der Waals surface area contributed by atoms with Crippen molar-refractivity contribution in [3.8, 4) is 0 Å². The Morgan fingerprint density at radius 3 is 2.42 bits per heavy atom. The fourth-order valence-corrected chi connectivity index (χ4v) is 6.08. The number of fused-ring (bicyclic) bond motifs is 2. The number of ether oxygens (including phenoxy) is 4. The van der Waals surface area contributed by atoms with E-state index in [0.29, 0.717) is 5.57 Å². The van der Waals surface area contributed by atoms with E-state index in [1.54, 1.807) is 33.8 Å². The van der Waals surface area contributed by atoms with Crippen LogP contribution in [0.4, 0.5) is 0 Å². The molecule has 2 heterocycles. The molecule has 2 saturated carbocycles. The Bertz CT molecular complexity index is 859. The normalized spacial score (nSPS) is 50.5. The van der Waals surface area contributed by atoms with Gasteiger partial charge in [-0.3, -0.25) is 9.59 Å². The Hall–Kier alpha value is -1.97. The summed E-state index contributed by atoms with van der Waals surface area (Å²) in [7, 11) is 0. The lowest BCUT2D eigenvalue weighted by Crippen LogP contribution is -2.57. The molecule has 4 fully saturated rings. The molecule has 1 spiro atoms. The molecule has 9 nitrogen and oxygen atoms in total. The van der Waals surface area contributed by atoms with Crippen molar-refractivity contribution in [3.63, 3.8) is 0 Å². The van der Waals surface area contributed by atoms with Crippen LogP contribution in [-0.2, 0) is 33.3 Å². The van der Waals surface area contributed by atoms with Crippen LogP contribution in [-0.4, -0.2) is 69.3 Å². The number of epoxide rings is 1. The highest BCUT2D eigenvalue weighted by Crippen LogP contribution is 2.69. The molecule has 2 aliphatic heterocycles. The second-order valence-electron chi connectivity index (χ2n) is 9.73. The molecule has 0 radical (unpaired) electrons. The van der Waals surface area contributed by atoms with Crippen molar-refractivity contribution < 1.29 is 43.5 Å². The van der Waals surface area contributed by atoms with E-state index in [9.17, 15) is 24.6 Å². The molecular formula is C22H30O9. The van der Waals surface area contributed by atoms with Gasteiger partial charge in [-0.15, -0.1) is 0 Å². The van der Waals surface area contributed by atoms with Gasteiger partial charge in [0, 0.05) is 24.8 Å². The monoisotopic (exact) mass is 438 g/mol. The lowest BCUT2D eigenvalue weighted by Gasteiger charge is -2.40. The molecule has 4 aliphatic rings. The topological polar surface area (TPSA) is 132 Å². The summed E-state index contributed by atoms with van der Waals surface area (Å²) < 4.78 is 22.8. The molecule has 2 aliphatic carbocycles. The van der Waals surface area contributed by atoms with Crippen molar-refractivity contribution in [2.45, 2.75) is 89.2 Å². The molecule has 10 atom stereocenters. The van der Waals surface area contributed by atoms with Crippen LogP contribution in [0.3, 0.4) is 0 Å². The van der Waals surface area contributed by atoms with Gasteiger partial charge in [-0.1, -0.05) is 13.0 Å². The first-order valence-electron chi connectivity index (χ1n) is 10.6. The van der Waals surface area contributed by atoms with Crippen molar-refractivity contribution >= 4 is 17.9 Å². The highest BCUT2D eigenvalue weighted by Gasteiger charge is 2.88. The van der Waals surface area contributed by atoms with Crippen molar-refractivity contribution in [1.29, 1.82) is 0 Å². The van der Waals surface area contributed by atoms with Crippen LogP contribution in [0.15, 0.2) is 11.6 Å². The second-order valence-corrected chi connectivity index (χ2v) is 9.73. The third-order valence-corrected chi connectivity index (χ3v) is 7.72. The number of allylic oxidation sites excluding steroid dienone is 1. The minimum Gasteiger partial charge on any atom is -0.461 e. The second kappa shape index (κ2) is 6.76. The van der Waals surface area contributed by atoms with Crippen LogP contribution in [0.1, 0.15) is 48.0 Å². The molecule has 0 aromatic heterocycles. The van der Waals surface area contributed by atoms with E-state index in [2.05, 4.69) is 0 Å². The number of carbonyl (C=O) groups is 3. The van der Waals surface area contributed by atoms with E-state index in [4.69, 9.17) is 18.9 Å². The van der Waals surface area contributed by atoms with Gasteiger partial charge >= 0.3 is 17.9 Å². The number of aliphatic hydroxyl groups is 2. The molecular weight excluding hydrogens is 408 g/mol. The molecule has 9 heteroatoms. The maximum Gasteiger partial charge on any atom is 0.333 e. The van der Waals surface area contributed by atoms with Crippen LogP contribution in [0, 0.1) is 17.8 Å². The molecule has 172 valence electrons. The maximum absolute atomic E-state index is 12.6. The van der Waals surface area contributed by atoms with Gasteiger partial charge in [0.05, 0.1) is 17.4 Å². The van der Waals surface area contributed by atoms with Crippen LogP contribution >= 0.6 is 0 Å². The van der Waals surface area contributed by atoms with Crippen LogP contribution in [0.5, 0.6) is 0 Å². The number of hydrogen-bond donors (Lipinski definition) is 2. The summed E-state index contributed by atoms with van der Waals surface area (Å²) in [5.74, 6) is -3.72. The Morgan fingerprint density at radius 1 is 1.19 bits per heavy atom. The molecule has 0 amide bonds. The zero-order valence-electron chi connectivity index (χ0n) is 18.6. The fourth-order valence-electron chi connectivity index (χ4n) is 6.08. The van der Waals surface area contributed by atoms with E-state index in [0.717, 1.165) is 0 Å². The smallest absolute Gasteiger partial charge is 0.333 e. The molecule has 31 heavy (non-hydrogen) atoms. The van der Waals surface area contributed by atoms with Crippen molar-refractivity contribution in [1.82, 2.24) is 0 Å². The van der Waals surface area contributed by atoms with Gasteiger partial charge in [-0.2, -0.15) is 0 Å². The van der Waals surface area contributed by atoms with Gasteiger partial charge in [0.2, 0.25) is 0 Å². The highest BCUT2D eigenvalue weighted by atomic mass is 16.7. The Labute approximate surface area is 180 Å². The minimum atomic E-state index is -1.63. The first-order valence-corrected chi connectivity index (χ1v) is 10.6. The van der Waals surface area contributed by atoms with Gasteiger partial charge in [0.1, 0.15) is 29.5 Å². The van der Waals surface area contributed by atoms with Gasteiger partial charge in [0.25, 0.3) is 0 Å². The zero-order valence-corrected chi connectivity index (χ0v) is 18.6. The summed E-state index contributed by atoms with van der Waals surface area (Å²) in [5.41, 5.74) is -4.09. The summed E-state index contributed by atoms with van der Waals surface area (Å²) in [6.45, 7) is 9.31. The van der Waals surface area contributed by atoms with E-state index in [-0.39, 0.29) is 6.42 Å². The molecule has 0 aromatic carbocycles. The Balaban J connectivity index is 1.79. The predicted molar refractivity (Wildman–Crippen MR) is 104 cm³/mol. The fraction of sp³-hybridized carbons (Fsp3) is 0.773. The lowest BCUT2D eigenvalue weighted by molar-refractivity contribution is -0.193. The summed E-state index contributed by atoms with van der Waals surface area (Å²) >= 11 is 0. The molecule has 2 N–H and O–H groups in total. The van der Waals surface area contributed by atoms with Crippen LogP contribution in [0.2, 0.25) is 0 Å². The van der Waals surface area contributed by atoms with Crippen molar-refractivity contribution in [3.05, 3.63) is 11.6 Å². The lowest BCUT2D eigenvalue weighted by atomic mass is 9.72. The van der Waals surface area contributed by atoms with Crippen molar-refractivity contribution in [2.24, 2.45) is 17.8 Å². The summed E-state index contributed by atoms with van der Waals surface area (Å²) in [4.78, 5) is 36.8. The van der Waals surface area contributed by atoms with Gasteiger partial charge in [-0.05, 0) is 27.7 Å². The molecule has 4 rings (SSSR count). The molecule has 0 aromatic rings. The van der Waals surface area contributed by atoms with Crippen molar-refractivity contribution in [2.75, 3.05) is 0 Å². The number of carbonyl (C=O) groups excluding carboxylic acids is 3. The van der Waals surface area contributed by atoms with Crippen LogP contribution < -0.4 is 0 Å². The van der Waals surface area contributed by atoms with Gasteiger partial charge in [-0.25, -0.2) is 4.79 Å². The summed E-state index contributed by atoms with van der Waals surface area (Å²) in [6, 6.07) is 0. The standard InChI is InChI=1S/C22H30O9/c1-7-9(2)18(24)29-12-8-20(5,26)22-15(14-13(12)10(3)19(25)30-14)21(6,27)16(17(22)31-22)28-11(4)23/h7,10,12-17,26-27H,8H2,1-6H3. The Kier molecular flexibility index (Phi) is 4.85. The van der Waals surface area contributed by atoms with Crippen LogP contribution in [0.25, 0.3) is 0 Å². The van der Waals surface area contributed by atoms with Gasteiger partial charge < -0.3 is 29.2 Å². The number of hydrogen-bond acceptors (Lipinski definition) is 9. The van der Waals surface area contributed by atoms with Gasteiger partial charge in [0.15, 0.2) is 6.10 Å². The quantitative estimate of drug-likeness (QED) is 0.282. The predicted octanol–water partition coefficient (Wildman–Crippen LogP) is 0.647. The number of rotatable bonds is 3. The first-order chi connectivity index (χ1) is 14.3. The van der Waals surface area contributed by atoms with E-state index < -0.39 is 76.9 Å². The summed E-state index contributed by atoms with van der Waals surface area (Å²) in [6.07, 6.45) is -1.92. The average molecular weight is 438 g/mol. The molecule has 0 bridgehead atoms. The zero-order chi connectivity index (χ0) is 23.1. The Morgan fingerprint density at radius 2 is 1.84 bits per heavy atom. The SMILES string of the molecule is CC=C(C)C(=O)OC1CC(C)(O)C23OC2C(OC(C)=O)C(C)(O)C3C2OC(=O)C(C)C12. The van der Waals surface area contributed by atoms with E-state index in [1.165, 1.54) is 13.8 Å². The molecule has 2 saturated heterocycles. The maximum atomic E-state index is 12.6.